The van der Waals surface area contributed by atoms with Gasteiger partial charge < -0.3 is 10.2 Å². The van der Waals surface area contributed by atoms with E-state index < -0.39 is 0 Å². The standard InChI is InChI=1S/C18H25N3/c1-14(2)12-19-13-16-11-15-7-3-4-8-17(15)18(20-16)21-9-5-6-10-21/h3-4,7-8,11,14,19H,5-6,9-10,12-13H2,1-2H3. The zero-order valence-corrected chi connectivity index (χ0v) is 13.1. The minimum atomic E-state index is 0.670. The highest BCUT2D eigenvalue weighted by atomic mass is 15.2. The number of hydrogen-bond acceptors (Lipinski definition) is 3. The smallest absolute Gasteiger partial charge is 0.136 e. The summed E-state index contributed by atoms with van der Waals surface area (Å²) in [6.45, 7) is 8.63. The van der Waals surface area contributed by atoms with Gasteiger partial charge in [0.1, 0.15) is 5.82 Å². The molecule has 1 aliphatic rings. The van der Waals surface area contributed by atoms with Crippen LogP contribution in [0.4, 0.5) is 5.82 Å². The fraction of sp³-hybridized carbons (Fsp3) is 0.500. The van der Waals surface area contributed by atoms with Gasteiger partial charge in [0.15, 0.2) is 0 Å². The fourth-order valence-corrected chi connectivity index (χ4v) is 2.98. The van der Waals surface area contributed by atoms with Gasteiger partial charge in [0.25, 0.3) is 0 Å². The third-order valence-electron chi connectivity index (χ3n) is 4.04. The van der Waals surface area contributed by atoms with E-state index in [0.29, 0.717) is 5.92 Å². The molecule has 3 rings (SSSR count). The van der Waals surface area contributed by atoms with E-state index in [1.807, 2.05) is 0 Å². The number of fused-ring (bicyclic) bond motifs is 1. The molecular weight excluding hydrogens is 258 g/mol. The summed E-state index contributed by atoms with van der Waals surface area (Å²) in [5, 5.41) is 6.09. The number of nitrogens with zero attached hydrogens (tertiary/aromatic N) is 2. The third-order valence-corrected chi connectivity index (χ3v) is 4.04. The molecule has 0 amide bonds. The van der Waals surface area contributed by atoms with Gasteiger partial charge in [-0.1, -0.05) is 38.1 Å². The minimum absolute atomic E-state index is 0.670. The first-order valence-electron chi connectivity index (χ1n) is 8.08. The first-order valence-corrected chi connectivity index (χ1v) is 8.08. The van der Waals surface area contributed by atoms with E-state index >= 15 is 0 Å². The molecule has 1 aliphatic heterocycles. The average molecular weight is 283 g/mol. The van der Waals surface area contributed by atoms with Crippen LogP contribution >= 0.6 is 0 Å². The zero-order chi connectivity index (χ0) is 14.7. The van der Waals surface area contributed by atoms with Gasteiger partial charge in [-0.3, -0.25) is 0 Å². The number of aromatic nitrogens is 1. The Labute approximate surface area is 127 Å². The van der Waals surface area contributed by atoms with Crippen LogP contribution in [0.1, 0.15) is 32.4 Å². The summed E-state index contributed by atoms with van der Waals surface area (Å²) in [6.07, 6.45) is 2.57. The Morgan fingerprint density at radius 1 is 1.19 bits per heavy atom. The van der Waals surface area contributed by atoms with Crippen LogP contribution < -0.4 is 10.2 Å². The predicted molar refractivity (Wildman–Crippen MR) is 89.7 cm³/mol. The molecule has 1 aromatic carbocycles. The van der Waals surface area contributed by atoms with Gasteiger partial charge in [-0.2, -0.15) is 0 Å². The van der Waals surface area contributed by atoms with Gasteiger partial charge in [-0.25, -0.2) is 4.98 Å². The fourth-order valence-electron chi connectivity index (χ4n) is 2.98. The molecule has 112 valence electrons. The Morgan fingerprint density at radius 2 is 1.95 bits per heavy atom. The van der Waals surface area contributed by atoms with Crippen molar-refractivity contribution in [2.45, 2.75) is 33.2 Å². The Bertz CT molecular complexity index is 600. The van der Waals surface area contributed by atoms with E-state index in [2.05, 4.69) is 54.4 Å². The lowest BCUT2D eigenvalue weighted by molar-refractivity contribution is 0.548. The second kappa shape index (κ2) is 6.44. The lowest BCUT2D eigenvalue weighted by Gasteiger charge is -2.20. The first kappa shape index (κ1) is 14.3. The number of benzene rings is 1. The summed E-state index contributed by atoms with van der Waals surface area (Å²) >= 11 is 0. The summed E-state index contributed by atoms with van der Waals surface area (Å²) in [4.78, 5) is 7.38. The molecular formula is C18H25N3. The van der Waals surface area contributed by atoms with E-state index in [0.717, 1.165) is 31.9 Å². The Kier molecular flexibility index (Phi) is 4.39. The summed E-state index contributed by atoms with van der Waals surface area (Å²) in [5.41, 5.74) is 1.15. The van der Waals surface area contributed by atoms with Crippen molar-refractivity contribution in [1.29, 1.82) is 0 Å². The third kappa shape index (κ3) is 3.35. The van der Waals surface area contributed by atoms with Crippen molar-refractivity contribution in [2.24, 2.45) is 5.92 Å². The van der Waals surface area contributed by atoms with Gasteiger partial charge in [-0.05, 0) is 36.8 Å². The number of rotatable bonds is 5. The molecule has 0 atom stereocenters. The summed E-state index contributed by atoms with van der Waals surface area (Å²) in [6, 6.07) is 10.8. The topological polar surface area (TPSA) is 28.2 Å². The Balaban J connectivity index is 1.90. The maximum Gasteiger partial charge on any atom is 0.136 e. The second-order valence-electron chi connectivity index (χ2n) is 6.38. The van der Waals surface area contributed by atoms with Crippen LogP contribution in [0.2, 0.25) is 0 Å². The van der Waals surface area contributed by atoms with Gasteiger partial charge in [-0.15, -0.1) is 0 Å². The van der Waals surface area contributed by atoms with E-state index in [9.17, 15) is 0 Å². The number of hydrogen-bond donors (Lipinski definition) is 1. The summed E-state index contributed by atoms with van der Waals surface area (Å²) in [7, 11) is 0. The molecule has 3 nitrogen and oxygen atoms in total. The van der Waals surface area contributed by atoms with Crippen LogP contribution in [0, 0.1) is 5.92 Å². The van der Waals surface area contributed by atoms with E-state index in [4.69, 9.17) is 4.98 Å². The molecule has 1 saturated heterocycles. The van der Waals surface area contributed by atoms with E-state index in [1.165, 1.54) is 29.4 Å². The molecule has 0 spiro atoms. The van der Waals surface area contributed by atoms with Crippen molar-refractivity contribution in [3.8, 4) is 0 Å². The Hall–Kier alpha value is -1.61. The molecule has 3 heteroatoms. The zero-order valence-electron chi connectivity index (χ0n) is 13.1. The van der Waals surface area contributed by atoms with Gasteiger partial charge in [0.05, 0.1) is 5.69 Å². The molecule has 1 aromatic heterocycles. The number of anilines is 1. The van der Waals surface area contributed by atoms with Crippen molar-refractivity contribution < 1.29 is 0 Å². The molecule has 0 radical (unpaired) electrons. The highest BCUT2D eigenvalue weighted by Crippen LogP contribution is 2.28. The van der Waals surface area contributed by atoms with Crippen LogP contribution in [0.5, 0.6) is 0 Å². The van der Waals surface area contributed by atoms with Crippen LogP contribution in [0.25, 0.3) is 10.8 Å². The maximum absolute atomic E-state index is 4.94. The lowest BCUT2D eigenvalue weighted by Crippen LogP contribution is -2.22. The van der Waals surface area contributed by atoms with Crippen molar-refractivity contribution in [1.82, 2.24) is 10.3 Å². The molecule has 2 aromatic rings. The molecule has 1 fully saturated rings. The van der Waals surface area contributed by atoms with Gasteiger partial charge >= 0.3 is 0 Å². The summed E-state index contributed by atoms with van der Waals surface area (Å²) in [5.74, 6) is 1.84. The van der Waals surface area contributed by atoms with Crippen LogP contribution in [-0.2, 0) is 6.54 Å². The highest BCUT2D eigenvalue weighted by Gasteiger charge is 2.17. The molecule has 0 bridgehead atoms. The number of nitrogens with one attached hydrogen (secondary N) is 1. The average Bonchev–Trinajstić information content (AvgIpc) is 3.00. The van der Waals surface area contributed by atoms with Crippen LogP contribution in [-0.4, -0.2) is 24.6 Å². The lowest BCUT2D eigenvalue weighted by atomic mass is 10.1. The molecule has 21 heavy (non-hydrogen) atoms. The van der Waals surface area contributed by atoms with Crippen molar-refractivity contribution in [3.63, 3.8) is 0 Å². The second-order valence-corrected chi connectivity index (χ2v) is 6.38. The van der Waals surface area contributed by atoms with Crippen molar-refractivity contribution in [3.05, 3.63) is 36.0 Å². The molecule has 1 N–H and O–H groups in total. The monoisotopic (exact) mass is 283 g/mol. The first-order chi connectivity index (χ1) is 10.2. The largest absolute Gasteiger partial charge is 0.356 e. The van der Waals surface area contributed by atoms with Crippen molar-refractivity contribution in [2.75, 3.05) is 24.5 Å². The number of pyridine rings is 1. The molecule has 0 saturated carbocycles. The Morgan fingerprint density at radius 3 is 2.71 bits per heavy atom. The quantitative estimate of drug-likeness (QED) is 0.909. The van der Waals surface area contributed by atoms with Crippen molar-refractivity contribution >= 4 is 16.6 Å². The summed E-state index contributed by atoms with van der Waals surface area (Å²) < 4.78 is 0. The van der Waals surface area contributed by atoms with Crippen LogP contribution in [0.3, 0.4) is 0 Å². The SMILES string of the molecule is CC(C)CNCc1cc2ccccc2c(N2CCCC2)n1. The van der Waals surface area contributed by atoms with Crippen LogP contribution in [0.15, 0.2) is 30.3 Å². The highest BCUT2D eigenvalue weighted by molar-refractivity contribution is 5.92. The predicted octanol–water partition coefficient (Wildman–Crippen LogP) is 3.58. The molecule has 0 unspecified atom stereocenters. The molecule has 2 heterocycles. The molecule has 0 aliphatic carbocycles. The van der Waals surface area contributed by atoms with Gasteiger partial charge in [0.2, 0.25) is 0 Å². The van der Waals surface area contributed by atoms with Gasteiger partial charge in [0, 0.05) is 25.0 Å². The van der Waals surface area contributed by atoms with E-state index in [-0.39, 0.29) is 0 Å². The van der Waals surface area contributed by atoms with E-state index in [1.54, 1.807) is 0 Å². The minimum Gasteiger partial charge on any atom is -0.356 e. The maximum atomic E-state index is 4.94. The normalized spacial score (nSPS) is 15.3.